The molecule has 1 aromatic carbocycles. The molecule has 0 fully saturated rings. The van der Waals surface area contributed by atoms with E-state index in [0.29, 0.717) is 0 Å². The van der Waals surface area contributed by atoms with E-state index in [1.54, 1.807) is 0 Å². The first kappa shape index (κ1) is 16.0. The smallest absolute Gasteiger partial charge is 0.256 e. The van der Waals surface area contributed by atoms with Crippen LogP contribution in [-0.2, 0) is 12.8 Å². The maximum absolute atomic E-state index is 13.1. The van der Waals surface area contributed by atoms with E-state index < -0.39 is 0 Å². The van der Waals surface area contributed by atoms with Crippen molar-refractivity contribution in [1.29, 1.82) is 0 Å². The van der Waals surface area contributed by atoms with Gasteiger partial charge in [0.25, 0.3) is 5.56 Å². The van der Waals surface area contributed by atoms with Gasteiger partial charge in [-0.3, -0.25) is 4.79 Å². The SMILES string of the molecule is CCC(C)n1c2c(cc(C(N)c3ccc(C)cc3)c1=O)CCC2. The van der Waals surface area contributed by atoms with Gasteiger partial charge in [-0.1, -0.05) is 36.8 Å². The summed E-state index contributed by atoms with van der Waals surface area (Å²) in [6.45, 7) is 6.31. The van der Waals surface area contributed by atoms with E-state index >= 15 is 0 Å². The van der Waals surface area contributed by atoms with Crippen molar-refractivity contribution in [3.05, 3.63) is 68.6 Å². The van der Waals surface area contributed by atoms with Gasteiger partial charge in [-0.15, -0.1) is 0 Å². The van der Waals surface area contributed by atoms with Gasteiger partial charge in [-0.25, -0.2) is 0 Å². The molecule has 0 saturated heterocycles. The van der Waals surface area contributed by atoms with Crippen molar-refractivity contribution in [2.45, 2.75) is 58.5 Å². The quantitative estimate of drug-likeness (QED) is 0.936. The van der Waals surface area contributed by atoms with E-state index in [-0.39, 0.29) is 17.6 Å². The molecule has 2 aromatic rings. The summed E-state index contributed by atoms with van der Waals surface area (Å²) in [6, 6.07) is 10.1. The van der Waals surface area contributed by atoms with Crippen molar-refractivity contribution in [2.75, 3.05) is 0 Å². The summed E-state index contributed by atoms with van der Waals surface area (Å²) in [5.41, 5.74) is 12.0. The molecule has 0 spiro atoms. The normalized spacial score (nSPS) is 16.2. The first-order chi connectivity index (χ1) is 11.0. The van der Waals surface area contributed by atoms with Crippen LogP contribution < -0.4 is 11.3 Å². The van der Waals surface area contributed by atoms with Crippen molar-refractivity contribution in [1.82, 2.24) is 4.57 Å². The summed E-state index contributed by atoms with van der Waals surface area (Å²) >= 11 is 0. The number of rotatable bonds is 4. The fourth-order valence-electron chi connectivity index (χ4n) is 3.52. The van der Waals surface area contributed by atoms with Gasteiger partial charge in [0.05, 0.1) is 6.04 Å². The van der Waals surface area contributed by atoms with Crippen LogP contribution >= 0.6 is 0 Å². The fourth-order valence-corrected chi connectivity index (χ4v) is 3.52. The number of hydrogen-bond acceptors (Lipinski definition) is 2. The topological polar surface area (TPSA) is 48.0 Å². The Morgan fingerprint density at radius 2 is 1.91 bits per heavy atom. The minimum absolute atomic E-state index is 0.0908. The largest absolute Gasteiger partial charge is 0.320 e. The summed E-state index contributed by atoms with van der Waals surface area (Å²) in [7, 11) is 0. The average molecular weight is 310 g/mol. The molecule has 122 valence electrons. The minimum Gasteiger partial charge on any atom is -0.320 e. The second-order valence-electron chi connectivity index (χ2n) is 6.75. The summed E-state index contributed by atoms with van der Waals surface area (Å²) in [4.78, 5) is 13.1. The average Bonchev–Trinajstić information content (AvgIpc) is 3.01. The van der Waals surface area contributed by atoms with Crippen molar-refractivity contribution < 1.29 is 0 Å². The highest BCUT2D eigenvalue weighted by molar-refractivity contribution is 5.37. The van der Waals surface area contributed by atoms with Crippen LogP contribution in [0.4, 0.5) is 0 Å². The van der Waals surface area contributed by atoms with E-state index in [1.165, 1.54) is 16.8 Å². The van der Waals surface area contributed by atoms with E-state index in [1.807, 2.05) is 16.7 Å². The molecule has 1 heterocycles. The molecule has 0 amide bonds. The molecule has 2 N–H and O–H groups in total. The molecule has 1 aliphatic carbocycles. The van der Waals surface area contributed by atoms with Crippen molar-refractivity contribution in [2.24, 2.45) is 5.73 Å². The third-order valence-electron chi connectivity index (χ3n) is 5.12. The molecule has 3 rings (SSSR count). The Kier molecular flexibility index (Phi) is 4.40. The highest BCUT2D eigenvalue weighted by Gasteiger charge is 2.24. The number of nitrogens with two attached hydrogens (primary N) is 1. The van der Waals surface area contributed by atoms with Crippen LogP contribution in [0.2, 0.25) is 0 Å². The van der Waals surface area contributed by atoms with Crippen LogP contribution in [0.3, 0.4) is 0 Å². The molecular weight excluding hydrogens is 284 g/mol. The van der Waals surface area contributed by atoms with Crippen LogP contribution in [0.25, 0.3) is 0 Å². The highest BCUT2D eigenvalue weighted by Crippen LogP contribution is 2.27. The van der Waals surface area contributed by atoms with Crippen molar-refractivity contribution >= 4 is 0 Å². The number of hydrogen-bond donors (Lipinski definition) is 1. The Labute approximate surface area is 138 Å². The van der Waals surface area contributed by atoms with Crippen molar-refractivity contribution in [3.8, 4) is 0 Å². The lowest BCUT2D eigenvalue weighted by Crippen LogP contribution is -2.32. The first-order valence-corrected chi connectivity index (χ1v) is 8.62. The van der Waals surface area contributed by atoms with E-state index in [0.717, 1.165) is 36.8 Å². The van der Waals surface area contributed by atoms with Crippen LogP contribution in [0.1, 0.15) is 66.7 Å². The lowest BCUT2D eigenvalue weighted by Gasteiger charge is -2.22. The third-order valence-corrected chi connectivity index (χ3v) is 5.12. The van der Waals surface area contributed by atoms with E-state index in [4.69, 9.17) is 5.73 Å². The monoisotopic (exact) mass is 310 g/mol. The Bertz CT molecular complexity index is 758. The molecule has 3 nitrogen and oxygen atoms in total. The number of aromatic nitrogens is 1. The van der Waals surface area contributed by atoms with Crippen LogP contribution in [0.15, 0.2) is 35.1 Å². The second-order valence-corrected chi connectivity index (χ2v) is 6.75. The van der Waals surface area contributed by atoms with Gasteiger partial charge in [0.2, 0.25) is 0 Å². The minimum atomic E-state index is -0.357. The Morgan fingerprint density at radius 1 is 1.22 bits per heavy atom. The zero-order valence-corrected chi connectivity index (χ0v) is 14.3. The van der Waals surface area contributed by atoms with Gasteiger partial charge >= 0.3 is 0 Å². The molecule has 0 saturated carbocycles. The highest BCUT2D eigenvalue weighted by atomic mass is 16.1. The number of pyridine rings is 1. The van der Waals surface area contributed by atoms with Crippen molar-refractivity contribution in [3.63, 3.8) is 0 Å². The zero-order valence-electron chi connectivity index (χ0n) is 14.3. The van der Waals surface area contributed by atoms with Gasteiger partial charge in [0.1, 0.15) is 0 Å². The lowest BCUT2D eigenvalue weighted by atomic mass is 9.97. The lowest BCUT2D eigenvalue weighted by molar-refractivity contribution is 0.492. The van der Waals surface area contributed by atoms with E-state index in [9.17, 15) is 4.79 Å². The molecule has 1 aromatic heterocycles. The van der Waals surface area contributed by atoms with Gasteiger partial charge in [-0.2, -0.15) is 0 Å². The molecule has 3 heteroatoms. The Balaban J connectivity index is 2.13. The summed E-state index contributed by atoms with van der Waals surface area (Å²) in [5.74, 6) is 0. The van der Waals surface area contributed by atoms with Crippen LogP contribution in [-0.4, -0.2) is 4.57 Å². The molecule has 0 radical (unpaired) electrons. The van der Waals surface area contributed by atoms with Gasteiger partial charge < -0.3 is 10.3 Å². The van der Waals surface area contributed by atoms with Gasteiger partial charge in [-0.05, 0) is 56.7 Å². The molecule has 0 bridgehead atoms. The zero-order chi connectivity index (χ0) is 16.6. The molecule has 23 heavy (non-hydrogen) atoms. The number of aryl methyl sites for hydroxylation is 2. The van der Waals surface area contributed by atoms with Crippen LogP contribution in [0.5, 0.6) is 0 Å². The fraction of sp³-hybridized carbons (Fsp3) is 0.450. The van der Waals surface area contributed by atoms with Gasteiger partial charge in [0, 0.05) is 17.3 Å². The molecule has 2 unspecified atom stereocenters. The summed E-state index contributed by atoms with van der Waals surface area (Å²) in [5, 5.41) is 0. The predicted octanol–water partition coefficient (Wildman–Crippen LogP) is 3.66. The molecule has 2 atom stereocenters. The Hall–Kier alpha value is -1.87. The van der Waals surface area contributed by atoms with E-state index in [2.05, 4.69) is 39.0 Å². The second kappa shape index (κ2) is 6.32. The number of benzene rings is 1. The maximum Gasteiger partial charge on any atom is 0.256 e. The predicted molar refractivity (Wildman–Crippen MR) is 94.9 cm³/mol. The van der Waals surface area contributed by atoms with Crippen LogP contribution in [0, 0.1) is 6.92 Å². The standard InChI is InChI=1S/C20H26N2O/c1-4-14(3)22-18-7-5-6-16(18)12-17(20(22)23)19(21)15-10-8-13(2)9-11-15/h8-12,14,19H,4-7,21H2,1-3H3. The summed E-state index contributed by atoms with van der Waals surface area (Å²) in [6.07, 6.45) is 4.15. The number of nitrogens with zero attached hydrogens (tertiary/aromatic N) is 1. The summed E-state index contributed by atoms with van der Waals surface area (Å²) < 4.78 is 2.01. The first-order valence-electron chi connectivity index (χ1n) is 8.62. The van der Waals surface area contributed by atoms with Gasteiger partial charge in [0.15, 0.2) is 0 Å². The third kappa shape index (κ3) is 2.86. The number of fused-ring (bicyclic) bond motifs is 1. The molecule has 1 aliphatic rings. The molecular formula is C20H26N2O. The molecule has 0 aliphatic heterocycles. The maximum atomic E-state index is 13.1. The Morgan fingerprint density at radius 3 is 2.57 bits per heavy atom.